The highest BCUT2D eigenvalue weighted by atomic mass is 16.3. The molecule has 132 valence electrons. The minimum absolute atomic E-state index is 0.201. The summed E-state index contributed by atoms with van der Waals surface area (Å²) < 4.78 is 0. The fourth-order valence-electron chi connectivity index (χ4n) is 5.10. The molecule has 2 aromatic carbocycles. The number of aryl methyl sites for hydroxylation is 1. The third-order valence-corrected chi connectivity index (χ3v) is 6.86. The number of aromatic hydroxyl groups is 1. The normalized spacial score (nSPS) is 28.6. The van der Waals surface area contributed by atoms with Crippen molar-refractivity contribution in [1.82, 2.24) is 4.90 Å². The van der Waals surface area contributed by atoms with Crippen LogP contribution in [0.1, 0.15) is 43.4 Å². The Kier molecular flexibility index (Phi) is 4.33. The summed E-state index contributed by atoms with van der Waals surface area (Å²) in [6.07, 6.45) is 4.71. The van der Waals surface area contributed by atoms with Crippen molar-refractivity contribution in [2.24, 2.45) is 5.92 Å². The second-order valence-electron chi connectivity index (χ2n) is 8.19. The molecule has 4 rings (SSSR count). The van der Waals surface area contributed by atoms with Gasteiger partial charge in [0.1, 0.15) is 5.75 Å². The Labute approximate surface area is 151 Å². The first-order chi connectivity index (χ1) is 12.1. The average Bonchev–Trinajstić information content (AvgIpc) is 2.62. The van der Waals surface area contributed by atoms with E-state index in [9.17, 15) is 5.11 Å². The lowest BCUT2D eigenvalue weighted by Gasteiger charge is -2.54. The van der Waals surface area contributed by atoms with Crippen LogP contribution in [0.2, 0.25) is 0 Å². The molecular formula is C23H29NO. The number of hydrogen-bond acceptors (Lipinski definition) is 2. The van der Waals surface area contributed by atoms with Crippen LogP contribution in [-0.4, -0.2) is 29.1 Å². The molecule has 0 spiro atoms. The summed E-state index contributed by atoms with van der Waals surface area (Å²) in [7, 11) is 0. The first-order valence-corrected chi connectivity index (χ1v) is 9.68. The van der Waals surface area contributed by atoms with Crippen LogP contribution in [0.3, 0.4) is 0 Å². The third kappa shape index (κ3) is 2.97. The summed E-state index contributed by atoms with van der Waals surface area (Å²) >= 11 is 0. The van der Waals surface area contributed by atoms with Gasteiger partial charge in [0.05, 0.1) is 0 Å². The summed E-state index contributed by atoms with van der Waals surface area (Å²) in [5, 5.41) is 9.95. The molecule has 0 unspecified atom stereocenters. The number of phenolic OH excluding ortho intramolecular Hbond substituents is 1. The molecule has 1 aliphatic heterocycles. The molecular weight excluding hydrogens is 306 g/mol. The fraction of sp³-hybridized carbons (Fsp3) is 0.478. The molecule has 3 atom stereocenters. The summed E-state index contributed by atoms with van der Waals surface area (Å²) in [5.74, 6) is 1.04. The van der Waals surface area contributed by atoms with Crippen LogP contribution in [-0.2, 0) is 18.3 Å². The quantitative estimate of drug-likeness (QED) is 0.886. The van der Waals surface area contributed by atoms with E-state index in [1.807, 2.05) is 12.1 Å². The Morgan fingerprint density at radius 3 is 2.76 bits per heavy atom. The molecule has 2 bridgehead atoms. The SMILES string of the molecule is C[C@H]1[C@H]2Cc3ccc(O)cc3[C@@]1(C)CCN2CCCc1ccccc1. The molecule has 2 aromatic rings. The summed E-state index contributed by atoms with van der Waals surface area (Å²) in [6, 6.07) is 17.5. The lowest BCUT2D eigenvalue weighted by atomic mass is 9.59. The number of nitrogens with zero attached hydrogens (tertiary/aromatic N) is 1. The van der Waals surface area contributed by atoms with Crippen molar-refractivity contribution in [1.29, 1.82) is 0 Å². The number of hydrogen-bond donors (Lipinski definition) is 1. The average molecular weight is 335 g/mol. The molecule has 1 N–H and O–H groups in total. The van der Waals surface area contributed by atoms with E-state index in [-0.39, 0.29) is 5.41 Å². The lowest BCUT2D eigenvalue weighted by molar-refractivity contribution is 0.0307. The molecule has 1 saturated heterocycles. The second kappa shape index (κ2) is 6.49. The van der Waals surface area contributed by atoms with Crippen LogP contribution in [0.4, 0.5) is 0 Å². The molecule has 1 heterocycles. The van der Waals surface area contributed by atoms with Crippen molar-refractivity contribution < 1.29 is 5.11 Å². The van der Waals surface area contributed by atoms with Gasteiger partial charge < -0.3 is 5.11 Å². The van der Waals surface area contributed by atoms with Crippen LogP contribution < -0.4 is 0 Å². The largest absolute Gasteiger partial charge is 0.508 e. The minimum atomic E-state index is 0.201. The van der Waals surface area contributed by atoms with Gasteiger partial charge in [-0.1, -0.05) is 50.2 Å². The Morgan fingerprint density at radius 1 is 1.16 bits per heavy atom. The predicted molar refractivity (Wildman–Crippen MR) is 103 cm³/mol. The van der Waals surface area contributed by atoms with E-state index in [0.717, 1.165) is 6.42 Å². The monoisotopic (exact) mass is 335 g/mol. The van der Waals surface area contributed by atoms with Gasteiger partial charge in [0.25, 0.3) is 0 Å². The second-order valence-corrected chi connectivity index (χ2v) is 8.19. The van der Waals surface area contributed by atoms with E-state index in [0.29, 0.717) is 17.7 Å². The highest BCUT2D eigenvalue weighted by Crippen LogP contribution is 2.49. The molecule has 0 radical (unpaired) electrons. The zero-order valence-electron chi connectivity index (χ0n) is 15.4. The Balaban J connectivity index is 1.48. The van der Waals surface area contributed by atoms with Crippen molar-refractivity contribution in [2.45, 2.75) is 51.0 Å². The Bertz CT molecular complexity index is 741. The van der Waals surface area contributed by atoms with E-state index >= 15 is 0 Å². The first-order valence-electron chi connectivity index (χ1n) is 9.68. The molecule has 1 aliphatic carbocycles. The van der Waals surface area contributed by atoms with Gasteiger partial charge in [-0.3, -0.25) is 4.90 Å². The van der Waals surface area contributed by atoms with Crippen LogP contribution in [0.25, 0.3) is 0 Å². The van der Waals surface area contributed by atoms with Crippen molar-refractivity contribution >= 4 is 0 Å². The van der Waals surface area contributed by atoms with Crippen LogP contribution >= 0.6 is 0 Å². The maximum absolute atomic E-state index is 9.95. The minimum Gasteiger partial charge on any atom is -0.508 e. The molecule has 0 amide bonds. The molecule has 2 heteroatoms. The molecule has 2 nitrogen and oxygen atoms in total. The van der Waals surface area contributed by atoms with Gasteiger partial charge in [-0.2, -0.15) is 0 Å². The third-order valence-electron chi connectivity index (χ3n) is 6.86. The Morgan fingerprint density at radius 2 is 1.96 bits per heavy atom. The van der Waals surface area contributed by atoms with Gasteiger partial charge in [0.2, 0.25) is 0 Å². The zero-order chi connectivity index (χ0) is 17.4. The van der Waals surface area contributed by atoms with Gasteiger partial charge in [0, 0.05) is 6.04 Å². The maximum Gasteiger partial charge on any atom is 0.115 e. The standard InChI is InChI=1S/C23H29NO/c1-17-22-15-19-10-11-20(25)16-21(19)23(17,2)12-14-24(22)13-6-9-18-7-4-3-5-8-18/h3-5,7-8,10-11,16-17,22,25H,6,9,12-15H2,1-2H3/t17-,22+,23-/m0/s1. The van der Waals surface area contributed by atoms with Crippen molar-refractivity contribution in [3.63, 3.8) is 0 Å². The fourth-order valence-corrected chi connectivity index (χ4v) is 5.10. The summed E-state index contributed by atoms with van der Waals surface area (Å²) in [4.78, 5) is 2.73. The van der Waals surface area contributed by atoms with Crippen LogP contribution in [0, 0.1) is 5.92 Å². The number of likely N-dealkylation sites (tertiary alicyclic amines) is 1. The van der Waals surface area contributed by atoms with Crippen LogP contribution in [0.5, 0.6) is 5.75 Å². The van der Waals surface area contributed by atoms with Crippen molar-refractivity contribution in [3.05, 3.63) is 65.2 Å². The smallest absolute Gasteiger partial charge is 0.115 e. The predicted octanol–water partition coefficient (Wildman–Crippen LogP) is 4.55. The summed E-state index contributed by atoms with van der Waals surface area (Å²) in [6.45, 7) is 7.19. The highest BCUT2D eigenvalue weighted by molar-refractivity contribution is 5.44. The van der Waals surface area contributed by atoms with Gasteiger partial charge >= 0.3 is 0 Å². The number of rotatable bonds is 4. The molecule has 25 heavy (non-hydrogen) atoms. The molecule has 0 saturated carbocycles. The van der Waals surface area contributed by atoms with Gasteiger partial charge in [-0.25, -0.2) is 0 Å². The number of fused-ring (bicyclic) bond motifs is 4. The lowest BCUT2D eigenvalue weighted by Crippen LogP contribution is -2.58. The van der Waals surface area contributed by atoms with Gasteiger partial charge in [-0.05, 0) is 78.9 Å². The van der Waals surface area contributed by atoms with Crippen molar-refractivity contribution in [2.75, 3.05) is 13.1 Å². The maximum atomic E-state index is 9.95. The topological polar surface area (TPSA) is 23.5 Å². The number of piperidine rings is 1. The molecule has 2 aliphatic rings. The molecule has 0 aromatic heterocycles. The number of benzene rings is 2. The zero-order valence-corrected chi connectivity index (χ0v) is 15.4. The highest BCUT2D eigenvalue weighted by Gasteiger charge is 2.48. The van der Waals surface area contributed by atoms with E-state index in [1.54, 1.807) is 0 Å². The van der Waals surface area contributed by atoms with Gasteiger partial charge in [0.15, 0.2) is 0 Å². The summed E-state index contributed by atoms with van der Waals surface area (Å²) in [5.41, 5.74) is 4.48. The Hall–Kier alpha value is -1.80. The van der Waals surface area contributed by atoms with Crippen molar-refractivity contribution in [3.8, 4) is 5.75 Å². The van der Waals surface area contributed by atoms with Crippen LogP contribution in [0.15, 0.2) is 48.5 Å². The van der Waals surface area contributed by atoms with E-state index in [2.05, 4.69) is 55.1 Å². The van der Waals surface area contributed by atoms with E-state index in [4.69, 9.17) is 0 Å². The van der Waals surface area contributed by atoms with E-state index in [1.165, 1.54) is 49.0 Å². The first kappa shape index (κ1) is 16.7. The van der Waals surface area contributed by atoms with Gasteiger partial charge in [-0.15, -0.1) is 0 Å². The van der Waals surface area contributed by atoms with E-state index < -0.39 is 0 Å². The number of phenols is 1. The molecule has 1 fully saturated rings.